The van der Waals surface area contributed by atoms with Gasteiger partial charge in [-0.1, -0.05) is 0 Å². The number of aromatic hydroxyl groups is 2. The van der Waals surface area contributed by atoms with Crippen molar-refractivity contribution in [1.29, 1.82) is 0 Å². The Morgan fingerprint density at radius 1 is 1.00 bits per heavy atom. The molecular formula is C18H16O7. The minimum absolute atomic E-state index is 0.135. The van der Waals surface area contributed by atoms with E-state index in [1.807, 2.05) is 0 Å². The van der Waals surface area contributed by atoms with Gasteiger partial charge in [0.05, 0.1) is 13.2 Å². The summed E-state index contributed by atoms with van der Waals surface area (Å²) in [6, 6.07) is 8.23. The van der Waals surface area contributed by atoms with Crippen LogP contribution in [0.5, 0.6) is 23.0 Å². The van der Waals surface area contributed by atoms with E-state index in [2.05, 4.69) is 0 Å². The molecule has 0 saturated heterocycles. The number of carbonyl (C=O) groups excluding carboxylic acids is 2. The molecule has 3 rings (SSSR count). The summed E-state index contributed by atoms with van der Waals surface area (Å²) < 4.78 is 15.9. The van der Waals surface area contributed by atoms with Crippen LogP contribution >= 0.6 is 0 Å². The molecule has 2 N–H and O–H groups in total. The minimum Gasteiger partial charge on any atom is -0.508 e. The Morgan fingerprint density at radius 2 is 1.76 bits per heavy atom. The van der Waals surface area contributed by atoms with Crippen LogP contribution in [0.2, 0.25) is 0 Å². The molecule has 0 saturated carbocycles. The zero-order valence-electron chi connectivity index (χ0n) is 13.2. The average Bonchev–Trinajstić information content (AvgIpc) is 2.84. The summed E-state index contributed by atoms with van der Waals surface area (Å²) in [6.45, 7) is 0.562. The van der Waals surface area contributed by atoms with Gasteiger partial charge >= 0.3 is 5.97 Å². The lowest BCUT2D eigenvalue weighted by molar-refractivity contribution is 0.0471. The molecule has 0 atom stereocenters. The Kier molecular flexibility index (Phi) is 4.74. The van der Waals surface area contributed by atoms with E-state index in [0.29, 0.717) is 30.3 Å². The summed E-state index contributed by atoms with van der Waals surface area (Å²) in [4.78, 5) is 24.1. The van der Waals surface area contributed by atoms with Gasteiger partial charge in [0.1, 0.15) is 17.1 Å². The van der Waals surface area contributed by atoms with E-state index in [9.17, 15) is 19.8 Å². The maximum atomic E-state index is 12.2. The Labute approximate surface area is 143 Å². The number of ether oxygens (including phenoxy) is 3. The average molecular weight is 344 g/mol. The first-order chi connectivity index (χ1) is 12.0. The third-order valence-corrected chi connectivity index (χ3v) is 3.61. The first-order valence-corrected chi connectivity index (χ1v) is 7.66. The highest BCUT2D eigenvalue weighted by atomic mass is 16.5. The van der Waals surface area contributed by atoms with Crippen molar-refractivity contribution in [2.75, 3.05) is 19.8 Å². The summed E-state index contributed by atoms with van der Waals surface area (Å²) in [5, 5.41) is 18.8. The highest BCUT2D eigenvalue weighted by molar-refractivity contribution is 6.00. The molecule has 0 amide bonds. The van der Waals surface area contributed by atoms with Crippen molar-refractivity contribution < 1.29 is 34.0 Å². The summed E-state index contributed by atoms with van der Waals surface area (Å²) in [5.74, 6) is -0.835. The number of benzene rings is 2. The summed E-state index contributed by atoms with van der Waals surface area (Å²) in [6.07, 6.45) is 0.756. The predicted octanol–water partition coefficient (Wildman–Crippen LogP) is 2.30. The predicted molar refractivity (Wildman–Crippen MR) is 86.4 cm³/mol. The van der Waals surface area contributed by atoms with E-state index in [1.165, 1.54) is 12.1 Å². The van der Waals surface area contributed by atoms with Crippen molar-refractivity contribution in [3.63, 3.8) is 0 Å². The Bertz CT molecular complexity index is 813. The molecule has 0 aromatic heterocycles. The van der Waals surface area contributed by atoms with Crippen LogP contribution in [0.3, 0.4) is 0 Å². The number of esters is 1. The van der Waals surface area contributed by atoms with Crippen molar-refractivity contribution >= 4 is 11.8 Å². The van der Waals surface area contributed by atoms with Crippen LogP contribution in [-0.4, -0.2) is 41.8 Å². The van der Waals surface area contributed by atoms with E-state index in [1.54, 1.807) is 18.2 Å². The van der Waals surface area contributed by atoms with E-state index in [-0.39, 0.29) is 11.3 Å². The summed E-state index contributed by atoms with van der Waals surface area (Å²) >= 11 is 0. The van der Waals surface area contributed by atoms with Gasteiger partial charge in [-0.2, -0.15) is 0 Å². The molecule has 1 aliphatic heterocycles. The highest BCUT2D eigenvalue weighted by Crippen LogP contribution is 2.30. The van der Waals surface area contributed by atoms with Crippen LogP contribution in [0, 0.1) is 0 Å². The number of carbonyl (C=O) groups is 2. The Morgan fingerprint density at radius 3 is 2.52 bits per heavy atom. The molecule has 2 aromatic rings. The largest absolute Gasteiger partial charge is 0.508 e. The van der Waals surface area contributed by atoms with Crippen LogP contribution in [0.1, 0.15) is 27.1 Å². The fourth-order valence-corrected chi connectivity index (χ4v) is 2.32. The maximum absolute atomic E-state index is 12.2. The van der Waals surface area contributed by atoms with E-state index >= 15 is 0 Å². The number of fused-ring (bicyclic) bond motifs is 1. The van der Waals surface area contributed by atoms with Crippen LogP contribution in [0.25, 0.3) is 0 Å². The van der Waals surface area contributed by atoms with E-state index in [0.717, 1.165) is 12.5 Å². The van der Waals surface area contributed by atoms with Gasteiger partial charge in [-0.3, -0.25) is 4.79 Å². The second-order valence-electron chi connectivity index (χ2n) is 5.41. The molecule has 7 nitrogen and oxygen atoms in total. The number of Topliss-reactive ketones (excluding diaryl/α,β-unsaturated/α-hetero) is 1. The van der Waals surface area contributed by atoms with Gasteiger partial charge in [0.15, 0.2) is 23.9 Å². The number of ketones is 1. The first-order valence-electron chi connectivity index (χ1n) is 7.66. The van der Waals surface area contributed by atoms with Gasteiger partial charge in [0.25, 0.3) is 0 Å². The van der Waals surface area contributed by atoms with Crippen molar-refractivity contribution in [2.24, 2.45) is 0 Å². The number of hydrogen-bond acceptors (Lipinski definition) is 7. The normalized spacial score (nSPS) is 13.0. The van der Waals surface area contributed by atoms with Crippen LogP contribution in [-0.2, 0) is 4.74 Å². The van der Waals surface area contributed by atoms with Gasteiger partial charge in [-0.15, -0.1) is 0 Å². The molecule has 1 aliphatic rings. The second-order valence-corrected chi connectivity index (χ2v) is 5.41. The molecule has 2 aromatic carbocycles. The smallest absolute Gasteiger partial charge is 0.342 e. The van der Waals surface area contributed by atoms with E-state index < -0.39 is 24.1 Å². The fourth-order valence-electron chi connectivity index (χ4n) is 2.32. The lowest BCUT2D eigenvalue weighted by Crippen LogP contribution is -2.14. The lowest BCUT2D eigenvalue weighted by Gasteiger charge is -2.09. The monoisotopic (exact) mass is 344 g/mol. The third kappa shape index (κ3) is 3.82. The molecule has 1 heterocycles. The molecule has 25 heavy (non-hydrogen) atoms. The van der Waals surface area contributed by atoms with Crippen molar-refractivity contribution in [3.8, 4) is 23.0 Å². The molecule has 0 unspecified atom stereocenters. The lowest BCUT2D eigenvalue weighted by atomic mass is 10.1. The Hall–Kier alpha value is -3.22. The van der Waals surface area contributed by atoms with Gasteiger partial charge in [-0.25, -0.2) is 4.79 Å². The molecule has 0 bridgehead atoms. The van der Waals surface area contributed by atoms with E-state index in [4.69, 9.17) is 14.2 Å². The van der Waals surface area contributed by atoms with Gasteiger partial charge in [0.2, 0.25) is 0 Å². The molecule has 0 aliphatic carbocycles. The third-order valence-electron chi connectivity index (χ3n) is 3.61. The molecule has 0 spiro atoms. The number of phenolic OH excluding ortho intramolecular Hbond substituents is 2. The standard InChI is InChI=1S/C18H16O7/c19-12-3-4-13(14(20)9-12)18(22)25-10-15(21)11-2-5-16-17(8-11)24-7-1-6-23-16/h2-5,8-9,19-20H,1,6-7,10H2. The van der Waals surface area contributed by atoms with Crippen LogP contribution < -0.4 is 9.47 Å². The van der Waals surface area contributed by atoms with Crippen molar-refractivity contribution in [1.82, 2.24) is 0 Å². The first kappa shape index (κ1) is 16.6. The zero-order valence-corrected chi connectivity index (χ0v) is 13.2. The van der Waals surface area contributed by atoms with Crippen LogP contribution in [0.15, 0.2) is 36.4 Å². The van der Waals surface area contributed by atoms with Crippen molar-refractivity contribution in [3.05, 3.63) is 47.5 Å². The molecule has 130 valence electrons. The molecule has 0 fully saturated rings. The fraction of sp³-hybridized carbons (Fsp3) is 0.222. The van der Waals surface area contributed by atoms with Gasteiger partial charge < -0.3 is 24.4 Å². The van der Waals surface area contributed by atoms with Crippen LogP contribution in [0.4, 0.5) is 0 Å². The molecular weight excluding hydrogens is 328 g/mol. The Balaban J connectivity index is 1.66. The number of hydrogen-bond donors (Lipinski definition) is 2. The maximum Gasteiger partial charge on any atom is 0.342 e. The topological polar surface area (TPSA) is 102 Å². The minimum atomic E-state index is -0.861. The second kappa shape index (κ2) is 7.12. The highest BCUT2D eigenvalue weighted by Gasteiger charge is 2.18. The van der Waals surface area contributed by atoms with Gasteiger partial charge in [0, 0.05) is 18.1 Å². The van der Waals surface area contributed by atoms with Gasteiger partial charge in [-0.05, 0) is 30.3 Å². The number of rotatable bonds is 4. The SMILES string of the molecule is O=C(COC(=O)c1ccc(O)cc1O)c1ccc2c(c1)OCCCO2. The molecule has 7 heteroatoms. The van der Waals surface area contributed by atoms with Crippen molar-refractivity contribution in [2.45, 2.75) is 6.42 Å². The zero-order chi connectivity index (χ0) is 17.8. The quantitative estimate of drug-likeness (QED) is 0.648. The molecule has 0 radical (unpaired) electrons. The number of phenols is 2. The summed E-state index contributed by atoms with van der Waals surface area (Å²) in [7, 11) is 0. The summed E-state index contributed by atoms with van der Waals surface area (Å²) in [5.41, 5.74) is 0.191.